The van der Waals surface area contributed by atoms with E-state index in [4.69, 9.17) is 0 Å². The first kappa shape index (κ1) is 19.7. The van der Waals surface area contributed by atoms with E-state index in [1.807, 2.05) is 19.1 Å². The third-order valence-corrected chi connectivity index (χ3v) is 4.35. The van der Waals surface area contributed by atoms with Crippen molar-refractivity contribution in [3.63, 3.8) is 0 Å². The summed E-state index contributed by atoms with van der Waals surface area (Å²) in [6.45, 7) is 1.53. The van der Waals surface area contributed by atoms with Crippen molar-refractivity contribution in [3.05, 3.63) is 75.5 Å². The highest BCUT2D eigenvalue weighted by Crippen LogP contribution is 2.18. The van der Waals surface area contributed by atoms with E-state index < -0.39 is 29.3 Å². The maximum absolute atomic E-state index is 12.5. The number of carbonyl (C=O) groups is 3. The number of anilines is 1. The summed E-state index contributed by atoms with van der Waals surface area (Å²) in [6.07, 6.45) is 2.12. The van der Waals surface area contributed by atoms with Gasteiger partial charge in [0.1, 0.15) is 12.2 Å². The number of non-ortho nitro benzene ring substituents is 1. The number of carbonyl (C=O) groups excluding carboxylic acids is 3. The van der Waals surface area contributed by atoms with Crippen LogP contribution in [0.4, 0.5) is 16.2 Å². The lowest BCUT2D eigenvalue weighted by atomic mass is 10.1. The van der Waals surface area contributed by atoms with E-state index in [1.165, 1.54) is 30.3 Å². The van der Waals surface area contributed by atoms with Gasteiger partial charge in [0.05, 0.1) is 4.92 Å². The third-order valence-electron chi connectivity index (χ3n) is 4.35. The molecule has 0 unspecified atom stereocenters. The second-order valence-electron chi connectivity index (χ2n) is 6.29. The van der Waals surface area contributed by atoms with E-state index in [9.17, 15) is 24.5 Å². The van der Waals surface area contributed by atoms with Crippen molar-refractivity contribution >= 4 is 35.3 Å². The molecule has 9 heteroatoms. The van der Waals surface area contributed by atoms with E-state index in [1.54, 1.807) is 12.1 Å². The van der Waals surface area contributed by atoms with Gasteiger partial charge in [-0.25, -0.2) is 9.69 Å². The van der Waals surface area contributed by atoms with Crippen molar-refractivity contribution in [1.82, 2.24) is 10.2 Å². The summed E-state index contributed by atoms with van der Waals surface area (Å²) in [6, 6.07) is 12.1. The Balaban J connectivity index is 1.70. The van der Waals surface area contributed by atoms with E-state index in [2.05, 4.69) is 10.6 Å². The monoisotopic (exact) mass is 394 g/mol. The van der Waals surface area contributed by atoms with Crippen LogP contribution in [0.2, 0.25) is 0 Å². The molecule has 0 spiro atoms. The Morgan fingerprint density at radius 1 is 1.17 bits per heavy atom. The molecule has 0 aliphatic carbocycles. The van der Waals surface area contributed by atoms with Crippen molar-refractivity contribution in [3.8, 4) is 0 Å². The molecule has 0 saturated carbocycles. The van der Waals surface area contributed by atoms with Crippen LogP contribution in [-0.4, -0.2) is 34.2 Å². The first-order valence-corrected chi connectivity index (χ1v) is 8.85. The highest BCUT2D eigenvalue weighted by atomic mass is 16.6. The van der Waals surface area contributed by atoms with Crippen LogP contribution in [-0.2, 0) is 16.0 Å². The largest absolute Gasteiger partial charge is 0.329 e. The number of urea groups is 1. The van der Waals surface area contributed by atoms with Crippen LogP contribution in [0.25, 0.3) is 6.08 Å². The zero-order valence-electron chi connectivity index (χ0n) is 15.5. The number of hydrogen-bond donors (Lipinski definition) is 2. The summed E-state index contributed by atoms with van der Waals surface area (Å²) in [4.78, 5) is 47.9. The highest BCUT2D eigenvalue weighted by molar-refractivity contribution is 6.16. The molecule has 2 aromatic carbocycles. The summed E-state index contributed by atoms with van der Waals surface area (Å²) >= 11 is 0. The first-order chi connectivity index (χ1) is 13.9. The molecule has 0 atom stereocenters. The van der Waals surface area contributed by atoms with Crippen molar-refractivity contribution in [2.45, 2.75) is 13.3 Å². The van der Waals surface area contributed by atoms with Crippen LogP contribution in [0.15, 0.2) is 54.2 Å². The number of para-hydroxylation sites is 1. The number of hydrogen-bond acceptors (Lipinski definition) is 5. The van der Waals surface area contributed by atoms with Gasteiger partial charge in [0.15, 0.2) is 0 Å². The van der Waals surface area contributed by atoms with Gasteiger partial charge in [-0.15, -0.1) is 0 Å². The number of aryl methyl sites for hydroxylation is 1. The first-order valence-electron chi connectivity index (χ1n) is 8.85. The van der Waals surface area contributed by atoms with E-state index in [-0.39, 0.29) is 11.4 Å². The van der Waals surface area contributed by atoms with Crippen molar-refractivity contribution in [2.75, 3.05) is 11.9 Å². The van der Waals surface area contributed by atoms with E-state index >= 15 is 0 Å². The molecule has 9 nitrogen and oxygen atoms in total. The quantitative estimate of drug-likeness (QED) is 0.338. The molecule has 0 aromatic heterocycles. The standard InChI is InChI=1S/C20H18N4O5/c1-2-14-5-3-4-6-16(14)21-18(25)12-23-19(26)17(22-20(23)27)11-13-7-9-15(10-8-13)24(28)29/h3-11H,2,12H2,1H3,(H,21,25)(H,22,27)/b17-11+. The van der Waals surface area contributed by atoms with Gasteiger partial charge in [-0.1, -0.05) is 25.1 Å². The number of nitrogens with one attached hydrogen (secondary N) is 2. The lowest BCUT2D eigenvalue weighted by Gasteiger charge is -2.13. The van der Waals surface area contributed by atoms with Gasteiger partial charge in [-0.05, 0) is 41.8 Å². The van der Waals surface area contributed by atoms with Crippen LogP contribution < -0.4 is 10.6 Å². The summed E-state index contributed by atoms with van der Waals surface area (Å²) < 4.78 is 0. The topological polar surface area (TPSA) is 122 Å². The fourth-order valence-corrected chi connectivity index (χ4v) is 2.86. The average molecular weight is 394 g/mol. The molecule has 4 amide bonds. The summed E-state index contributed by atoms with van der Waals surface area (Å²) in [5, 5.41) is 15.8. The Morgan fingerprint density at radius 3 is 2.52 bits per heavy atom. The van der Waals surface area contributed by atoms with Gasteiger partial charge in [-0.2, -0.15) is 0 Å². The highest BCUT2D eigenvalue weighted by Gasteiger charge is 2.35. The second kappa shape index (κ2) is 8.34. The van der Waals surface area contributed by atoms with Crippen LogP contribution >= 0.6 is 0 Å². The maximum Gasteiger partial charge on any atom is 0.329 e. The summed E-state index contributed by atoms with van der Waals surface area (Å²) in [5.41, 5.74) is 1.98. The molecule has 1 fully saturated rings. The molecule has 2 N–H and O–H groups in total. The van der Waals surface area contributed by atoms with Crippen molar-refractivity contribution < 1.29 is 19.3 Å². The van der Waals surface area contributed by atoms with Gasteiger partial charge in [-0.3, -0.25) is 19.7 Å². The normalized spacial score (nSPS) is 14.8. The number of imide groups is 1. The average Bonchev–Trinajstić information content (AvgIpc) is 2.96. The molecule has 0 bridgehead atoms. The molecule has 29 heavy (non-hydrogen) atoms. The fraction of sp³-hybridized carbons (Fsp3) is 0.150. The van der Waals surface area contributed by atoms with Crippen LogP contribution in [0, 0.1) is 10.1 Å². The second-order valence-corrected chi connectivity index (χ2v) is 6.29. The minimum atomic E-state index is -0.706. The fourth-order valence-electron chi connectivity index (χ4n) is 2.86. The van der Waals surface area contributed by atoms with E-state index in [0.29, 0.717) is 11.3 Å². The molecule has 1 saturated heterocycles. The maximum atomic E-state index is 12.5. The Kier molecular flexibility index (Phi) is 5.68. The lowest BCUT2D eigenvalue weighted by Crippen LogP contribution is -2.38. The van der Waals surface area contributed by atoms with Gasteiger partial charge in [0.25, 0.3) is 11.6 Å². The number of rotatable bonds is 6. The smallest absolute Gasteiger partial charge is 0.324 e. The Hall–Kier alpha value is -4.01. The number of nitro benzene ring substituents is 1. The Morgan fingerprint density at radius 2 is 1.86 bits per heavy atom. The molecule has 1 aliphatic heterocycles. The third kappa shape index (κ3) is 4.46. The number of nitrogens with zero attached hydrogens (tertiary/aromatic N) is 2. The molecular weight excluding hydrogens is 376 g/mol. The van der Waals surface area contributed by atoms with Crippen molar-refractivity contribution in [2.24, 2.45) is 0 Å². The number of amides is 4. The molecule has 2 aromatic rings. The summed E-state index contributed by atoms with van der Waals surface area (Å²) in [5.74, 6) is -1.14. The molecule has 0 radical (unpaired) electrons. The molecule has 3 rings (SSSR count). The minimum Gasteiger partial charge on any atom is -0.324 e. The van der Waals surface area contributed by atoms with Gasteiger partial charge in [0.2, 0.25) is 5.91 Å². The van der Waals surface area contributed by atoms with Crippen LogP contribution in [0.3, 0.4) is 0 Å². The predicted octanol–water partition coefficient (Wildman–Crippen LogP) is 2.69. The zero-order chi connectivity index (χ0) is 21.0. The van der Waals surface area contributed by atoms with Gasteiger partial charge < -0.3 is 10.6 Å². The Bertz CT molecular complexity index is 1010. The van der Waals surface area contributed by atoms with Gasteiger partial charge >= 0.3 is 6.03 Å². The zero-order valence-corrected chi connectivity index (χ0v) is 15.5. The number of nitro groups is 1. The minimum absolute atomic E-state index is 0.00869. The lowest BCUT2D eigenvalue weighted by molar-refractivity contribution is -0.384. The molecule has 148 valence electrons. The van der Waals surface area contributed by atoms with Crippen LogP contribution in [0.1, 0.15) is 18.1 Å². The van der Waals surface area contributed by atoms with Crippen molar-refractivity contribution in [1.29, 1.82) is 0 Å². The molecule has 1 heterocycles. The molecule has 1 aliphatic rings. The van der Waals surface area contributed by atoms with Gasteiger partial charge in [0, 0.05) is 17.8 Å². The van der Waals surface area contributed by atoms with E-state index in [0.717, 1.165) is 16.9 Å². The summed E-state index contributed by atoms with van der Waals surface area (Å²) in [7, 11) is 0. The SMILES string of the molecule is CCc1ccccc1NC(=O)CN1C(=O)N/C(=C/c2ccc([N+](=O)[O-])cc2)C1=O. The predicted molar refractivity (Wildman–Crippen MR) is 106 cm³/mol. The molecular formula is C20H18N4O5. The Labute approximate surface area is 166 Å². The number of benzene rings is 2. The van der Waals surface area contributed by atoms with Crippen LogP contribution in [0.5, 0.6) is 0 Å².